The van der Waals surface area contributed by atoms with Crippen LogP contribution in [0, 0.1) is 0 Å². The van der Waals surface area contributed by atoms with E-state index in [1.807, 2.05) is 18.2 Å². The number of hydrogen-bond donors (Lipinski definition) is 1. The maximum Gasteiger partial charge on any atom is 0.225 e. The summed E-state index contributed by atoms with van der Waals surface area (Å²) in [4.78, 5) is 19.1. The van der Waals surface area contributed by atoms with Crippen molar-refractivity contribution in [1.29, 1.82) is 0 Å². The highest BCUT2D eigenvalue weighted by molar-refractivity contribution is 7.84. The van der Waals surface area contributed by atoms with Crippen molar-refractivity contribution < 1.29 is 13.7 Å². The summed E-state index contributed by atoms with van der Waals surface area (Å²) in [5.41, 5.74) is 2.86. The zero-order valence-electron chi connectivity index (χ0n) is 16.2. The lowest BCUT2D eigenvalue weighted by atomic mass is 9.97. The van der Waals surface area contributed by atoms with Crippen molar-refractivity contribution in [1.82, 2.24) is 19.9 Å². The molecule has 3 heterocycles. The van der Waals surface area contributed by atoms with Crippen molar-refractivity contribution in [3.05, 3.63) is 34.5 Å². The Kier molecular flexibility index (Phi) is 4.71. The molecule has 5 rings (SSSR count). The molecule has 0 aliphatic heterocycles. The molecule has 7 nitrogen and oxygen atoms in total. The van der Waals surface area contributed by atoms with Gasteiger partial charge in [0.1, 0.15) is 16.4 Å². The smallest absolute Gasteiger partial charge is 0.225 e. The molecule has 1 N–H and O–H groups in total. The molecule has 0 radical (unpaired) electrons. The van der Waals surface area contributed by atoms with Gasteiger partial charge in [-0.15, -0.1) is 11.3 Å². The van der Waals surface area contributed by atoms with Gasteiger partial charge in [-0.05, 0) is 43.4 Å². The second-order valence-electron chi connectivity index (χ2n) is 6.96. The molecular weight excluding hydrogens is 408 g/mol. The Balaban J connectivity index is 1.49. The summed E-state index contributed by atoms with van der Waals surface area (Å²) in [6.45, 7) is 0. The van der Waals surface area contributed by atoms with E-state index in [0.717, 1.165) is 39.8 Å². The zero-order chi connectivity index (χ0) is 20.0. The van der Waals surface area contributed by atoms with Gasteiger partial charge < -0.3 is 14.5 Å². The minimum atomic E-state index is -1.40. The molecule has 1 atom stereocenters. The van der Waals surface area contributed by atoms with E-state index in [0.29, 0.717) is 16.9 Å². The van der Waals surface area contributed by atoms with E-state index >= 15 is 0 Å². The van der Waals surface area contributed by atoms with E-state index in [-0.39, 0.29) is 5.75 Å². The van der Waals surface area contributed by atoms with Crippen molar-refractivity contribution in [2.45, 2.75) is 36.6 Å². The van der Waals surface area contributed by atoms with Crippen molar-refractivity contribution >= 4 is 43.4 Å². The first kappa shape index (κ1) is 18.5. The predicted molar refractivity (Wildman–Crippen MR) is 113 cm³/mol. The number of nitrogens with one attached hydrogen (secondary N) is 1. The number of imidazole rings is 1. The molecule has 0 amide bonds. The molecule has 150 valence electrons. The monoisotopic (exact) mass is 428 g/mol. The lowest BCUT2D eigenvalue weighted by Crippen LogP contribution is -2.05. The maximum absolute atomic E-state index is 12.9. The second kappa shape index (κ2) is 7.38. The lowest BCUT2D eigenvalue weighted by molar-refractivity contribution is 0.401. The number of fused-ring (bicyclic) bond motifs is 4. The van der Waals surface area contributed by atoms with E-state index in [9.17, 15) is 4.21 Å². The van der Waals surface area contributed by atoms with Gasteiger partial charge in [0.2, 0.25) is 5.88 Å². The molecule has 0 saturated carbocycles. The number of nitrogens with zero attached hydrogens (tertiary/aromatic N) is 3. The fraction of sp³-hybridized carbons (Fsp3) is 0.350. The third-order valence-electron chi connectivity index (χ3n) is 5.16. The summed E-state index contributed by atoms with van der Waals surface area (Å²) in [5, 5.41) is 1.43. The fourth-order valence-corrected chi connectivity index (χ4v) is 5.96. The molecule has 0 bridgehead atoms. The Morgan fingerprint density at radius 1 is 1.14 bits per heavy atom. The second-order valence-corrected chi connectivity index (χ2v) is 9.41. The number of hydrogen-bond acceptors (Lipinski definition) is 7. The minimum Gasteiger partial charge on any atom is -0.497 e. The number of benzene rings is 1. The van der Waals surface area contributed by atoms with Gasteiger partial charge in [0.15, 0.2) is 5.16 Å². The van der Waals surface area contributed by atoms with Crippen molar-refractivity contribution in [3.63, 3.8) is 0 Å². The van der Waals surface area contributed by atoms with Crippen LogP contribution in [0.2, 0.25) is 0 Å². The Hall–Kier alpha value is -2.52. The van der Waals surface area contributed by atoms with E-state index in [4.69, 9.17) is 14.5 Å². The van der Waals surface area contributed by atoms with Crippen LogP contribution in [0.1, 0.15) is 29.1 Å². The molecule has 1 unspecified atom stereocenters. The Morgan fingerprint density at radius 2 is 2.00 bits per heavy atom. The number of methoxy groups -OCH3 is 2. The molecule has 3 aromatic heterocycles. The topological polar surface area (TPSA) is 90.0 Å². The summed E-state index contributed by atoms with van der Waals surface area (Å²) in [6, 6.07) is 5.51. The molecule has 1 aliphatic rings. The first-order chi connectivity index (χ1) is 14.2. The summed E-state index contributed by atoms with van der Waals surface area (Å²) in [6.07, 6.45) is 4.53. The minimum absolute atomic E-state index is 0.172. The third kappa shape index (κ3) is 3.28. The van der Waals surface area contributed by atoms with Crippen LogP contribution in [-0.4, -0.2) is 38.4 Å². The highest BCUT2D eigenvalue weighted by Gasteiger charge is 2.22. The highest BCUT2D eigenvalue weighted by atomic mass is 32.2. The number of aromatic amines is 1. The first-order valence-corrected chi connectivity index (χ1v) is 11.6. The number of ether oxygens (including phenoxy) is 2. The van der Waals surface area contributed by atoms with Gasteiger partial charge in [-0.2, -0.15) is 4.98 Å². The number of aryl methyl sites for hydroxylation is 2. The normalized spacial score (nSPS) is 14.8. The molecule has 0 spiro atoms. The molecule has 0 fully saturated rings. The SMILES string of the molecule is COc1ccc2nc(S(=O)Cc3nc(OC)c4c5c(sc4n3)CCCC5)[nH]c2c1. The Morgan fingerprint density at radius 3 is 2.83 bits per heavy atom. The van der Waals surface area contributed by atoms with E-state index in [2.05, 4.69) is 15.0 Å². The number of aromatic nitrogens is 4. The van der Waals surface area contributed by atoms with Crippen LogP contribution in [0.3, 0.4) is 0 Å². The molecule has 9 heteroatoms. The summed E-state index contributed by atoms with van der Waals surface area (Å²) in [5.74, 6) is 1.98. The van der Waals surface area contributed by atoms with Crippen LogP contribution < -0.4 is 9.47 Å². The Bertz CT molecular complexity index is 1250. The third-order valence-corrected chi connectivity index (χ3v) is 7.50. The van der Waals surface area contributed by atoms with Gasteiger partial charge in [0.05, 0.1) is 47.2 Å². The molecule has 0 saturated heterocycles. The van der Waals surface area contributed by atoms with Crippen LogP contribution in [0.25, 0.3) is 21.3 Å². The summed E-state index contributed by atoms with van der Waals surface area (Å²) < 4.78 is 23.7. The first-order valence-electron chi connectivity index (χ1n) is 9.43. The lowest BCUT2D eigenvalue weighted by Gasteiger charge is -2.11. The number of rotatable bonds is 5. The quantitative estimate of drug-likeness (QED) is 0.520. The largest absolute Gasteiger partial charge is 0.497 e. The average Bonchev–Trinajstić information content (AvgIpc) is 3.33. The Labute approximate surface area is 174 Å². The fourth-order valence-electron chi connectivity index (χ4n) is 3.76. The van der Waals surface area contributed by atoms with Gasteiger partial charge in [0.25, 0.3) is 0 Å². The predicted octanol–water partition coefficient (Wildman–Crippen LogP) is 3.77. The highest BCUT2D eigenvalue weighted by Crippen LogP contribution is 2.39. The van der Waals surface area contributed by atoms with Crippen LogP contribution in [0.4, 0.5) is 0 Å². The molecule has 1 aliphatic carbocycles. The average molecular weight is 429 g/mol. The summed E-state index contributed by atoms with van der Waals surface area (Å²) >= 11 is 1.71. The van der Waals surface area contributed by atoms with Crippen LogP contribution in [-0.2, 0) is 29.4 Å². The summed E-state index contributed by atoms with van der Waals surface area (Å²) in [7, 11) is 1.84. The van der Waals surface area contributed by atoms with Crippen LogP contribution >= 0.6 is 11.3 Å². The van der Waals surface area contributed by atoms with Crippen LogP contribution in [0.15, 0.2) is 23.4 Å². The maximum atomic E-state index is 12.9. The van der Waals surface area contributed by atoms with Gasteiger partial charge in [0, 0.05) is 10.9 Å². The molecule has 29 heavy (non-hydrogen) atoms. The van der Waals surface area contributed by atoms with Crippen molar-refractivity contribution in [3.8, 4) is 11.6 Å². The zero-order valence-corrected chi connectivity index (χ0v) is 17.8. The van der Waals surface area contributed by atoms with E-state index < -0.39 is 10.8 Å². The van der Waals surface area contributed by atoms with Gasteiger partial charge in [-0.3, -0.25) is 4.21 Å². The van der Waals surface area contributed by atoms with E-state index in [1.54, 1.807) is 25.6 Å². The number of H-pyrrole nitrogens is 1. The molecular formula is C20H20N4O3S2. The van der Waals surface area contributed by atoms with Crippen molar-refractivity contribution in [2.24, 2.45) is 0 Å². The molecule has 1 aromatic carbocycles. The van der Waals surface area contributed by atoms with Crippen LogP contribution in [0.5, 0.6) is 11.6 Å². The van der Waals surface area contributed by atoms with Gasteiger partial charge >= 0.3 is 0 Å². The van der Waals surface area contributed by atoms with Gasteiger partial charge in [-0.1, -0.05) is 0 Å². The van der Waals surface area contributed by atoms with Crippen molar-refractivity contribution in [2.75, 3.05) is 14.2 Å². The molecule has 4 aromatic rings. The number of thiophene rings is 1. The standard InChI is InChI=1S/C20H20N4O3S2/c1-26-11-7-8-13-14(9-11)22-20(21-13)29(25)10-16-23-18(27-2)17-12-5-3-4-6-15(12)28-19(17)24-16/h7-9H,3-6,10H2,1-2H3,(H,21,22). The van der Waals surface area contributed by atoms with E-state index in [1.165, 1.54) is 23.3 Å². The van der Waals surface area contributed by atoms with Gasteiger partial charge in [-0.25, -0.2) is 9.97 Å².